The lowest BCUT2D eigenvalue weighted by Crippen LogP contribution is -2.43. The van der Waals surface area contributed by atoms with Crippen LogP contribution in [0.1, 0.15) is 40.4 Å². The van der Waals surface area contributed by atoms with Gasteiger partial charge in [-0.25, -0.2) is 8.42 Å². The summed E-state index contributed by atoms with van der Waals surface area (Å²) >= 11 is 0. The Morgan fingerprint density at radius 1 is 1.14 bits per heavy atom. The minimum atomic E-state index is -3.36. The van der Waals surface area contributed by atoms with E-state index in [4.69, 9.17) is 0 Å². The van der Waals surface area contributed by atoms with Crippen molar-refractivity contribution in [3.63, 3.8) is 0 Å². The molecule has 1 atom stereocenters. The molecule has 4 rings (SSSR count). The number of hydrogen-bond acceptors (Lipinski definition) is 6. The van der Waals surface area contributed by atoms with Gasteiger partial charge in [-0.2, -0.15) is 0 Å². The molecule has 154 valence electrons. The number of sulfone groups is 1. The van der Waals surface area contributed by atoms with Crippen LogP contribution in [0.4, 0.5) is 11.4 Å². The molecule has 0 spiro atoms. The Morgan fingerprint density at radius 2 is 1.93 bits per heavy atom. The highest BCUT2D eigenvalue weighted by molar-refractivity contribution is 7.90. The van der Waals surface area contributed by atoms with Crippen molar-refractivity contribution in [3.05, 3.63) is 53.1 Å². The number of fused-ring (bicyclic) bond motifs is 1. The molecule has 6 nitrogen and oxygen atoms in total. The third-order valence-electron chi connectivity index (χ3n) is 5.79. The van der Waals surface area contributed by atoms with Crippen LogP contribution >= 0.6 is 0 Å². The highest BCUT2D eigenvalue weighted by atomic mass is 32.2. The van der Waals surface area contributed by atoms with E-state index in [1.807, 2.05) is 30.3 Å². The van der Waals surface area contributed by atoms with E-state index in [1.54, 1.807) is 6.07 Å². The number of carbonyl (C=O) groups excluding carboxylic acids is 1. The minimum absolute atomic E-state index is 0.0261. The summed E-state index contributed by atoms with van der Waals surface area (Å²) in [5.74, 6) is 0. The zero-order valence-corrected chi connectivity index (χ0v) is 17.5. The zero-order chi connectivity index (χ0) is 20.4. The van der Waals surface area contributed by atoms with Gasteiger partial charge in [0.15, 0.2) is 9.84 Å². The van der Waals surface area contributed by atoms with Crippen LogP contribution in [-0.2, 0) is 16.3 Å². The SMILES string of the molecule is CS(=O)(=O)c1ccc(N2CCNCC2)cc1NC1CCCc2cc(C=O)ccc21. The van der Waals surface area contributed by atoms with Crippen molar-refractivity contribution in [2.24, 2.45) is 0 Å². The van der Waals surface area contributed by atoms with E-state index in [2.05, 4.69) is 15.5 Å². The quantitative estimate of drug-likeness (QED) is 0.734. The third-order valence-corrected chi connectivity index (χ3v) is 6.95. The third kappa shape index (κ3) is 4.31. The van der Waals surface area contributed by atoms with Gasteiger partial charge in [0.1, 0.15) is 6.29 Å². The molecule has 0 saturated carbocycles. The van der Waals surface area contributed by atoms with Crippen molar-refractivity contribution in [1.29, 1.82) is 0 Å². The van der Waals surface area contributed by atoms with Gasteiger partial charge in [-0.15, -0.1) is 0 Å². The number of piperazine rings is 1. The van der Waals surface area contributed by atoms with Crippen molar-refractivity contribution >= 4 is 27.5 Å². The van der Waals surface area contributed by atoms with Gasteiger partial charge >= 0.3 is 0 Å². The molecule has 0 radical (unpaired) electrons. The lowest BCUT2D eigenvalue weighted by atomic mass is 9.86. The van der Waals surface area contributed by atoms with Crippen LogP contribution < -0.4 is 15.5 Å². The molecular weight excluding hydrogens is 386 g/mol. The van der Waals surface area contributed by atoms with Crippen LogP contribution in [-0.4, -0.2) is 47.1 Å². The molecule has 1 aliphatic carbocycles. The van der Waals surface area contributed by atoms with Crippen molar-refractivity contribution in [1.82, 2.24) is 5.32 Å². The first-order valence-electron chi connectivity index (χ1n) is 10.1. The van der Waals surface area contributed by atoms with Gasteiger partial charge in [0.2, 0.25) is 0 Å². The Hall–Kier alpha value is -2.38. The summed E-state index contributed by atoms with van der Waals surface area (Å²) in [5.41, 5.74) is 4.68. The number of hydrogen-bond donors (Lipinski definition) is 2. The van der Waals surface area contributed by atoms with Crippen LogP contribution in [0, 0.1) is 0 Å². The standard InChI is InChI=1S/C22H27N3O3S/c1-29(27,28)22-8-6-18(25-11-9-23-10-12-25)14-21(22)24-20-4-2-3-17-13-16(15-26)5-7-19(17)20/h5-8,13-15,20,23-24H,2-4,9-12H2,1H3. The number of aryl methyl sites for hydroxylation is 1. The molecule has 1 saturated heterocycles. The second-order valence-corrected chi connectivity index (χ2v) is 9.84. The molecule has 2 aromatic rings. The second kappa shape index (κ2) is 8.16. The van der Waals surface area contributed by atoms with E-state index >= 15 is 0 Å². The van der Waals surface area contributed by atoms with Gasteiger partial charge in [-0.1, -0.05) is 12.1 Å². The molecule has 7 heteroatoms. The normalized spacial score (nSPS) is 19.5. The second-order valence-electron chi connectivity index (χ2n) is 7.85. The van der Waals surface area contributed by atoms with Crippen LogP contribution in [0.2, 0.25) is 0 Å². The van der Waals surface area contributed by atoms with Gasteiger partial charge in [0.25, 0.3) is 0 Å². The number of carbonyl (C=O) groups is 1. The van der Waals surface area contributed by atoms with Crippen molar-refractivity contribution in [2.75, 3.05) is 42.7 Å². The molecule has 1 fully saturated rings. The van der Waals surface area contributed by atoms with Crippen LogP contribution in [0.25, 0.3) is 0 Å². The summed E-state index contributed by atoms with van der Waals surface area (Å²) in [5, 5.41) is 6.86. The molecule has 1 unspecified atom stereocenters. The Morgan fingerprint density at radius 3 is 2.66 bits per heavy atom. The van der Waals surface area contributed by atoms with E-state index in [9.17, 15) is 13.2 Å². The number of nitrogens with one attached hydrogen (secondary N) is 2. The van der Waals surface area contributed by atoms with E-state index in [-0.39, 0.29) is 6.04 Å². The number of aldehydes is 1. The van der Waals surface area contributed by atoms with Crippen LogP contribution in [0.15, 0.2) is 41.3 Å². The Labute approximate surface area is 172 Å². The molecule has 29 heavy (non-hydrogen) atoms. The average Bonchev–Trinajstić information content (AvgIpc) is 2.73. The lowest BCUT2D eigenvalue weighted by molar-refractivity contribution is 0.112. The first-order chi connectivity index (χ1) is 14.0. The predicted octanol–water partition coefficient (Wildman–Crippen LogP) is 2.80. The first-order valence-corrected chi connectivity index (χ1v) is 12.0. The van der Waals surface area contributed by atoms with Gasteiger partial charge in [-0.3, -0.25) is 4.79 Å². The van der Waals surface area contributed by atoms with Crippen LogP contribution in [0.3, 0.4) is 0 Å². The van der Waals surface area contributed by atoms with E-state index in [0.717, 1.165) is 68.5 Å². The Kier molecular flexibility index (Phi) is 5.61. The van der Waals surface area contributed by atoms with E-state index in [1.165, 1.54) is 6.26 Å². The highest BCUT2D eigenvalue weighted by Crippen LogP contribution is 2.36. The Bertz CT molecular complexity index is 1010. The maximum Gasteiger partial charge on any atom is 0.177 e. The molecule has 0 aromatic heterocycles. The molecule has 2 aliphatic rings. The molecule has 1 aliphatic heterocycles. The fourth-order valence-electron chi connectivity index (χ4n) is 4.32. The maximum absolute atomic E-state index is 12.4. The average molecular weight is 414 g/mol. The van der Waals surface area contributed by atoms with Crippen LogP contribution in [0.5, 0.6) is 0 Å². The molecule has 1 heterocycles. The molecule has 0 bridgehead atoms. The van der Waals surface area contributed by atoms with Gasteiger partial charge in [0, 0.05) is 43.7 Å². The largest absolute Gasteiger partial charge is 0.377 e. The summed E-state index contributed by atoms with van der Waals surface area (Å²) in [6, 6.07) is 11.4. The van der Waals surface area contributed by atoms with Gasteiger partial charge < -0.3 is 15.5 Å². The first kappa shape index (κ1) is 19.9. The van der Waals surface area contributed by atoms with E-state index in [0.29, 0.717) is 16.1 Å². The molecule has 2 aromatic carbocycles. The highest BCUT2D eigenvalue weighted by Gasteiger charge is 2.24. The monoisotopic (exact) mass is 413 g/mol. The zero-order valence-electron chi connectivity index (χ0n) is 16.6. The number of rotatable bonds is 5. The smallest absolute Gasteiger partial charge is 0.177 e. The number of anilines is 2. The predicted molar refractivity (Wildman–Crippen MR) is 116 cm³/mol. The summed E-state index contributed by atoms with van der Waals surface area (Å²) < 4.78 is 24.8. The van der Waals surface area contributed by atoms with Gasteiger partial charge in [0.05, 0.1) is 16.6 Å². The summed E-state index contributed by atoms with van der Waals surface area (Å²) in [6.45, 7) is 3.65. The fourth-order valence-corrected chi connectivity index (χ4v) is 5.15. The summed E-state index contributed by atoms with van der Waals surface area (Å²) in [7, 11) is -3.36. The number of nitrogens with zero attached hydrogens (tertiary/aromatic N) is 1. The van der Waals surface area contributed by atoms with Crippen molar-refractivity contribution < 1.29 is 13.2 Å². The summed E-state index contributed by atoms with van der Waals surface area (Å²) in [4.78, 5) is 13.7. The summed E-state index contributed by atoms with van der Waals surface area (Å²) in [6.07, 6.45) is 4.99. The van der Waals surface area contributed by atoms with Crippen molar-refractivity contribution in [2.45, 2.75) is 30.2 Å². The minimum Gasteiger partial charge on any atom is -0.377 e. The number of benzene rings is 2. The molecular formula is C22H27N3O3S. The Balaban J connectivity index is 1.69. The van der Waals surface area contributed by atoms with Crippen molar-refractivity contribution in [3.8, 4) is 0 Å². The van der Waals surface area contributed by atoms with E-state index < -0.39 is 9.84 Å². The fraction of sp³-hybridized carbons (Fsp3) is 0.409. The lowest BCUT2D eigenvalue weighted by Gasteiger charge is -2.31. The topological polar surface area (TPSA) is 78.5 Å². The molecule has 0 amide bonds. The van der Waals surface area contributed by atoms with Gasteiger partial charge in [-0.05, 0) is 54.7 Å². The maximum atomic E-state index is 12.4. The molecule has 2 N–H and O–H groups in total.